The van der Waals surface area contributed by atoms with Crippen molar-refractivity contribution in [2.75, 3.05) is 5.73 Å². The van der Waals surface area contributed by atoms with E-state index in [-0.39, 0.29) is 5.54 Å². The number of fused-ring (bicyclic) bond motifs is 1. The smallest absolute Gasteiger partial charge is 0.151 e. The van der Waals surface area contributed by atoms with E-state index in [1.807, 2.05) is 12.3 Å². The molecule has 74 valence electrons. The summed E-state index contributed by atoms with van der Waals surface area (Å²) in [6.45, 7) is 6.37. The van der Waals surface area contributed by atoms with Crippen LogP contribution in [0.15, 0.2) is 18.6 Å². The lowest BCUT2D eigenvalue weighted by molar-refractivity contribution is 0.411. The molecule has 0 saturated heterocycles. The molecule has 0 amide bonds. The zero-order chi connectivity index (χ0) is 10.3. The molecule has 0 aromatic carbocycles. The first-order valence-corrected chi connectivity index (χ1v) is 4.58. The van der Waals surface area contributed by atoms with Crippen molar-refractivity contribution < 1.29 is 0 Å². The van der Waals surface area contributed by atoms with Gasteiger partial charge in [0.2, 0.25) is 0 Å². The minimum absolute atomic E-state index is 0.000579. The molecule has 2 aromatic rings. The van der Waals surface area contributed by atoms with Gasteiger partial charge in [-0.05, 0) is 26.8 Å². The zero-order valence-corrected chi connectivity index (χ0v) is 8.65. The molecule has 2 rings (SSSR count). The fraction of sp³-hybridized carbons (Fsp3) is 0.400. The molecule has 0 bridgehead atoms. The fourth-order valence-electron chi connectivity index (χ4n) is 1.55. The van der Waals surface area contributed by atoms with Crippen LogP contribution in [0.1, 0.15) is 20.8 Å². The molecule has 14 heavy (non-hydrogen) atoms. The summed E-state index contributed by atoms with van der Waals surface area (Å²) >= 11 is 0. The van der Waals surface area contributed by atoms with Crippen LogP contribution in [-0.4, -0.2) is 14.5 Å². The molecule has 4 nitrogen and oxygen atoms in total. The average molecular weight is 190 g/mol. The van der Waals surface area contributed by atoms with Crippen molar-refractivity contribution in [3.05, 3.63) is 18.6 Å². The lowest BCUT2D eigenvalue weighted by Gasteiger charge is -2.22. The number of hydrogen-bond acceptors (Lipinski definition) is 3. The number of nitrogens with two attached hydrogens (primary N) is 1. The van der Waals surface area contributed by atoms with Crippen LogP contribution in [0.2, 0.25) is 0 Å². The van der Waals surface area contributed by atoms with E-state index in [9.17, 15) is 0 Å². The number of hydrogen-bond donors (Lipinski definition) is 1. The maximum atomic E-state index is 5.83. The Labute approximate surface area is 82.8 Å². The lowest BCUT2D eigenvalue weighted by atomic mass is 10.1. The summed E-state index contributed by atoms with van der Waals surface area (Å²) in [4.78, 5) is 8.16. The highest BCUT2D eigenvalue weighted by Gasteiger charge is 2.17. The van der Waals surface area contributed by atoms with Gasteiger partial charge in [-0.15, -0.1) is 0 Å². The Balaban J connectivity index is 2.80. The molecule has 0 aliphatic carbocycles. The normalized spacial score (nSPS) is 12.2. The van der Waals surface area contributed by atoms with Gasteiger partial charge in [-0.2, -0.15) is 0 Å². The van der Waals surface area contributed by atoms with Crippen molar-refractivity contribution in [3.63, 3.8) is 0 Å². The van der Waals surface area contributed by atoms with Gasteiger partial charge in [0.05, 0.1) is 5.52 Å². The summed E-state index contributed by atoms with van der Waals surface area (Å²) in [6.07, 6.45) is 3.49. The quantitative estimate of drug-likeness (QED) is 0.688. The van der Waals surface area contributed by atoms with E-state index in [4.69, 9.17) is 5.73 Å². The first kappa shape index (κ1) is 8.99. The molecule has 0 unspecified atom stereocenters. The monoisotopic (exact) mass is 190 g/mol. The summed E-state index contributed by atoms with van der Waals surface area (Å²) < 4.78 is 2.09. The van der Waals surface area contributed by atoms with Crippen LogP contribution in [0.5, 0.6) is 0 Å². The van der Waals surface area contributed by atoms with Gasteiger partial charge in [0.15, 0.2) is 5.82 Å². The van der Waals surface area contributed by atoms with Crippen LogP contribution in [0, 0.1) is 0 Å². The molecule has 0 aliphatic heterocycles. The van der Waals surface area contributed by atoms with E-state index in [1.165, 1.54) is 6.33 Å². The maximum Gasteiger partial charge on any atom is 0.151 e. The molecule has 0 saturated carbocycles. The van der Waals surface area contributed by atoms with Crippen molar-refractivity contribution in [3.8, 4) is 0 Å². The molecular formula is C10H14N4. The minimum Gasteiger partial charge on any atom is -0.382 e. The minimum atomic E-state index is 0.000579. The van der Waals surface area contributed by atoms with Gasteiger partial charge in [-0.25, -0.2) is 9.97 Å². The van der Waals surface area contributed by atoms with Crippen molar-refractivity contribution in [1.82, 2.24) is 14.5 Å². The summed E-state index contributed by atoms with van der Waals surface area (Å²) in [5.41, 5.74) is 7.64. The fourth-order valence-corrected chi connectivity index (χ4v) is 1.55. The van der Waals surface area contributed by atoms with Crippen LogP contribution >= 0.6 is 0 Å². The first-order valence-electron chi connectivity index (χ1n) is 4.58. The van der Waals surface area contributed by atoms with Crippen LogP contribution in [0.4, 0.5) is 5.82 Å². The molecular weight excluding hydrogens is 176 g/mol. The Hall–Kier alpha value is -1.58. The topological polar surface area (TPSA) is 56.7 Å². The van der Waals surface area contributed by atoms with E-state index in [2.05, 4.69) is 35.3 Å². The number of aromatic nitrogens is 3. The summed E-state index contributed by atoms with van der Waals surface area (Å²) in [5.74, 6) is 0.537. The van der Waals surface area contributed by atoms with Gasteiger partial charge in [0.25, 0.3) is 0 Å². The number of nitrogen functional groups attached to an aromatic ring is 1. The highest BCUT2D eigenvalue weighted by Crippen LogP contribution is 2.25. The van der Waals surface area contributed by atoms with Crippen molar-refractivity contribution in [2.45, 2.75) is 26.3 Å². The van der Waals surface area contributed by atoms with Gasteiger partial charge in [0.1, 0.15) is 11.8 Å². The van der Waals surface area contributed by atoms with Crippen LogP contribution in [0.3, 0.4) is 0 Å². The molecule has 0 radical (unpaired) electrons. The Bertz CT molecular complexity index is 464. The Kier molecular flexibility index (Phi) is 1.74. The molecule has 0 spiro atoms. The third-order valence-corrected chi connectivity index (χ3v) is 2.22. The second-order valence-corrected chi connectivity index (χ2v) is 4.35. The predicted octanol–water partition coefficient (Wildman–Crippen LogP) is 1.77. The van der Waals surface area contributed by atoms with Gasteiger partial charge in [-0.3, -0.25) is 0 Å². The molecule has 4 heteroatoms. The second kappa shape index (κ2) is 2.70. The van der Waals surface area contributed by atoms with Crippen molar-refractivity contribution in [2.24, 2.45) is 0 Å². The van der Waals surface area contributed by atoms with E-state index in [0.717, 1.165) is 11.0 Å². The largest absolute Gasteiger partial charge is 0.382 e. The van der Waals surface area contributed by atoms with Crippen LogP contribution in [0.25, 0.3) is 11.0 Å². The second-order valence-electron chi connectivity index (χ2n) is 4.35. The van der Waals surface area contributed by atoms with Gasteiger partial charge in [-0.1, -0.05) is 0 Å². The third-order valence-electron chi connectivity index (χ3n) is 2.22. The predicted molar refractivity (Wildman–Crippen MR) is 56.9 cm³/mol. The summed E-state index contributed by atoms with van der Waals surface area (Å²) in [6, 6.07) is 1.96. The highest BCUT2D eigenvalue weighted by atomic mass is 15.1. The van der Waals surface area contributed by atoms with E-state index < -0.39 is 0 Å². The Morgan fingerprint density at radius 1 is 1.29 bits per heavy atom. The SMILES string of the molecule is CC(C)(C)n1ccc2ncnc(N)c21. The highest BCUT2D eigenvalue weighted by molar-refractivity contribution is 5.85. The molecule has 2 aromatic heterocycles. The number of nitrogens with zero attached hydrogens (tertiary/aromatic N) is 3. The summed E-state index contributed by atoms with van der Waals surface area (Å²) in [5, 5.41) is 0. The van der Waals surface area contributed by atoms with Crippen molar-refractivity contribution >= 4 is 16.9 Å². The zero-order valence-electron chi connectivity index (χ0n) is 8.65. The molecule has 0 fully saturated rings. The first-order chi connectivity index (χ1) is 6.50. The maximum absolute atomic E-state index is 5.83. The summed E-state index contributed by atoms with van der Waals surface area (Å²) in [7, 11) is 0. The van der Waals surface area contributed by atoms with Crippen LogP contribution < -0.4 is 5.73 Å². The molecule has 0 atom stereocenters. The van der Waals surface area contributed by atoms with Gasteiger partial charge >= 0.3 is 0 Å². The van der Waals surface area contributed by atoms with Gasteiger partial charge < -0.3 is 10.3 Å². The number of rotatable bonds is 0. The molecule has 2 N–H and O–H groups in total. The van der Waals surface area contributed by atoms with E-state index in [1.54, 1.807) is 0 Å². The van der Waals surface area contributed by atoms with E-state index >= 15 is 0 Å². The molecule has 0 aliphatic rings. The Morgan fingerprint density at radius 2 is 2.00 bits per heavy atom. The van der Waals surface area contributed by atoms with E-state index in [0.29, 0.717) is 5.82 Å². The molecule has 2 heterocycles. The van der Waals surface area contributed by atoms with Crippen molar-refractivity contribution in [1.29, 1.82) is 0 Å². The third kappa shape index (κ3) is 1.23. The van der Waals surface area contributed by atoms with Crippen LogP contribution in [-0.2, 0) is 5.54 Å². The standard InChI is InChI=1S/C10H14N4/c1-10(2,3)14-5-4-7-8(14)9(11)13-6-12-7/h4-6H,1-3H3,(H2,11,12,13). The number of anilines is 1. The average Bonchev–Trinajstić information content (AvgIpc) is 2.47. The van der Waals surface area contributed by atoms with Gasteiger partial charge in [0, 0.05) is 11.7 Å². The Morgan fingerprint density at radius 3 is 2.64 bits per heavy atom. The lowest BCUT2D eigenvalue weighted by Crippen LogP contribution is -2.21.